The normalized spacial score (nSPS) is 27.2. The highest BCUT2D eigenvalue weighted by Gasteiger charge is 2.49. The summed E-state index contributed by atoms with van der Waals surface area (Å²) in [5.74, 6) is 0.371. The Morgan fingerprint density at radius 2 is 1.88 bits per heavy atom. The third-order valence-electron chi connectivity index (χ3n) is 7.85. The first kappa shape index (κ1) is 24.3. The van der Waals surface area contributed by atoms with Gasteiger partial charge in [-0.25, -0.2) is 0 Å². The number of hydrogen-bond acceptors (Lipinski definition) is 3. The molecule has 2 fully saturated rings. The lowest BCUT2D eigenvalue weighted by molar-refractivity contribution is -0.144. The molecule has 0 unspecified atom stereocenters. The van der Waals surface area contributed by atoms with Gasteiger partial charge in [0.15, 0.2) is 0 Å². The van der Waals surface area contributed by atoms with E-state index >= 15 is 0 Å². The molecule has 1 aromatic carbocycles. The molecule has 0 bridgehead atoms. The average molecular weight is 465 g/mol. The van der Waals surface area contributed by atoms with Crippen LogP contribution in [0.1, 0.15) is 63.5 Å². The smallest absolute Gasteiger partial charge is 0.381 e. The van der Waals surface area contributed by atoms with E-state index in [4.69, 9.17) is 4.74 Å². The summed E-state index contributed by atoms with van der Waals surface area (Å²) < 4.78 is 45.8. The number of halogens is 3. The van der Waals surface area contributed by atoms with E-state index in [-0.39, 0.29) is 17.4 Å². The summed E-state index contributed by atoms with van der Waals surface area (Å²) in [4.78, 5) is 15.6. The maximum atomic E-state index is 13.7. The van der Waals surface area contributed by atoms with Crippen LogP contribution in [-0.2, 0) is 15.7 Å². The van der Waals surface area contributed by atoms with Crippen LogP contribution >= 0.6 is 0 Å². The molecule has 0 aromatic heterocycles. The minimum Gasteiger partial charge on any atom is -0.381 e. The minimum atomic E-state index is -4.39. The van der Waals surface area contributed by atoms with Crippen LogP contribution in [0.2, 0.25) is 0 Å². The van der Waals surface area contributed by atoms with Crippen molar-refractivity contribution in [2.75, 3.05) is 26.3 Å². The van der Waals surface area contributed by atoms with Crippen LogP contribution in [0.15, 0.2) is 30.3 Å². The van der Waals surface area contributed by atoms with Gasteiger partial charge in [-0.05, 0) is 61.6 Å². The van der Waals surface area contributed by atoms with Gasteiger partial charge >= 0.3 is 6.18 Å². The zero-order valence-electron chi connectivity index (χ0n) is 19.6. The third kappa shape index (κ3) is 5.14. The van der Waals surface area contributed by atoms with Crippen LogP contribution in [-0.4, -0.2) is 49.2 Å². The van der Waals surface area contributed by atoms with Gasteiger partial charge in [0.2, 0.25) is 5.91 Å². The molecule has 7 heteroatoms. The van der Waals surface area contributed by atoms with Gasteiger partial charge < -0.3 is 15.0 Å². The highest BCUT2D eigenvalue weighted by atomic mass is 19.4. The lowest BCUT2D eigenvalue weighted by atomic mass is 9.74. The van der Waals surface area contributed by atoms with Crippen molar-refractivity contribution < 1.29 is 22.7 Å². The first-order valence-electron chi connectivity index (χ1n) is 12.2. The highest BCUT2D eigenvalue weighted by molar-refractivity contribution is 5.85. The Hall–Kier alpha value is -1.86. The molecule has 1 saturated heterocycles. The van der Waals surface area contributed by atoms with E-state index in [0.29, 0.717) is 37.2 Å². The molecule has 1 aromatic rings. The molecule has 0 radical (unpaired) electrons. The van der Waals surface area contributed by atoms with Crippen LogP contribution in [0, 0.1) is 11.3 Å². The average Bonchev–Trinajstić information content (AvgIpc) is 3.24. The number of nitrogens with zero attached hydrogens (tertiary/aromatic N) is 1. The van der Waals surface area contributed by atoms with E-state index in [9.17, 15) is 18.0 Å². The van der Waals surface area contributed by atoms with Crippen molar-refractivity contribution in [1.29, 1.82) is 0 Å². The summed E-state index contributed by atoms with van der Waals surface area (Å²) in [7, 11) is 0. The van der Waals surface area contributed by atoms with Gasteiger partial charge in [0.05, 0.1) is 11.0 Å². The van der Waals surface area contributed by atoms with Crippen LogP contribution in [0.4, 0.5) is 13.2 Å². The lowest BCUT2D eigenvalue weighted by Crippen LogP contribution is -2.48. The molecule has 0 spiro atoms. The lowest BCUT2D eigenvalue weighted by Gasteiger charge is -2.39. The molecule has 1 N–H and O–H groups in total. The topological polar surface area (TPSA) is 41.6 Å². The number of benzene rings is 1. The van der Waals surface area contributed by atoms with E-state index in [0.717, 1.165) is 51.4 Å². The van der Waals surface area contributed by atoms with Crippen LogP contribution in [0.3, 0.4) is 0 Å². The van der Waals surface area contributed by atoms with Crippen molar-refractivity contribution in [3.05, 3.63) is 41.5 Å². The van der Waals surface area contributed by atoms with Crippen molar-refractivity contribution in [3.8, 4) is 0 Å². The fraction of sp³-hybridized carbons (Fsp3) is 0.654. The van der Waals surface area contributed by atoms with Gasteiger partial charge in [-0.1, -0.05) is 38.1 Å². The predicted octanol–water partition coefficient (Wildman–Crippen LogP) is 5.28. The largest absolute Gasteiger partial charge is 0.416 e. The zero-order valence-corrected chi connectivity index (χ0v) is 19.6. The summed E-state index contributed by atoms with van der Waals surface area (Å²) in [6, 6.07) is 6.51. The summed E-state index contributed by atoms with van der Waals surface area (Å²) in [6.07, 6.45) is 2.55. The number of amides is 1. The molecule has 4 nitrogen and oxygen atoms in total. The van der Waals surface area contributed by atoms with E-state index in [1.807, 2.05) is 11.0 Å². The summed E-state index contributed by atoms with van der Waals surface area (Å²) in [5.41, 5.74) is -0.0984. The standard InChI is InChI=1S/C26H35F3N2O2/c1-18(2)25(12-7-21(17-25)30-20-10-15-33-16-11-20)24(32)31-13-8-19(9-14-31)22-5-3-4-6-23(22)26(27,28)29/h3-6,8,18,20-21,30H,7,9-17H2,1-2H3/t21-,25+/m1/s1. The minimum absolute atomic E-state index is 0.160. The fourth-order valence-corrected chi connectivity index (χ4v) is 5.80. The Kier molecular flexibility index (Phi) is 7.20. The number of ether oxygens (including phenoxy) is 1. The summed E-state index contributed by atoms with van der Waals surface area (Å²) >= 11 is 0. The molecule has 1 amide bonds. The van der Waals surface area contributed by atoms with E-state index in [1.165, 1.54) is 12.1 Å². The predicted molar refractivity (Wildman–Crippen MR) is 123 cm³/mol. The quantitative estimate of drug-likeness (QED) is 0.644. The van der Waals surface area contributed by atoms with Gasteiger partial charge in [0.1, 0.15) is 0 Å². The number of nitrogens with one attached hydrogen (secondary N) is 1. The van der Waals surface area contributed by atoms with Crippen LogP contribution in [0.25, 0.3) is 5.57 Å². The Labute approximate surface area is 194 Å². The Bertz CT molecular complexity index is 877. The van der Waals surface area contributed by atoms with Gasteiger partial charge in [0.25, 0.3) is 0 Å². The maximum Gasteiger partial charge on any atom is 0.416 e. The zero-order chi connectivity index (χ0) is 23.6. The van der Waals surface area contributed by atoms with E-state index in [2.05, 4.69) is 19.2 Å². The first-order chi connectivity index (χ1) is 15.7. The molecule has 2 atom stereocenters. The van der Waals surface area contributed by atoms with Gasteiger partial charge in [-0.2, -0.15) is 13.2 Å². The van der Waals surface area contributed by atoms with Crippen LogP contribution < -0.4 is 5.32 Å². The SMILES string of the molecule is CC(C)[C@]1(C(=O)N2CC=C(c3ccccc3C(F)(F)F)CC2)CC[C@@H](NC2CCOCC2)C1. The van der Waals surface area contributed by atoms with Gasteiger partial charge in [0, 0.05) is 38.4 Å². The molecule has 2 heterocycles. The Balaban J connectivity index is 1.45. The molecule has 2 aliphatic heterocycles. The number of hydrogen-bond donors (Lipinski definition) is 1. The second kappa shape index (κ2) is 9.79. The number of rotatable bonds is 5. The molecule has 3 aliphatic rings. The number of carbonyl (C=O) groups excluding carboxylic acids is 1. The Morgan fingerprint density at radius 1 is 1.15 bits per heavy atom. The van der Waals surface area contributed by atoms with Crippen LogP contribution in [0.5, 0.6) is 0 Å². The summed E-state index contributed by atoms with van der Waals surface area (Å²) in [5, 5.41) is 3.76. The third-order valence-corrected chi connectivity index (χ3v) is 7.85. The number of alkyl halides is 3. The van der Waals surface area contributed by atoms with Crippen molar-refractivity contribution in [2.45, 2.75) is 70.6 Å². The van der Waals surface area contributed by atoms with Crippen molar-refractivity contribution in [3.63, 3.8) is 0 Å². The molecule has 33 heavy (non-hydrogen) atoms. The van der Waals surface area contributed by atoms with Crippen molar-refractivity contribution >= 4 is 11.5 Å². The van der Waals surface area contributed by atoms with Crippen molar-refractivity contribution in [1.82, 2.24) is 10.2 Å². The van der Waals surface area contributed by atoms with Gasteiger partial charge in [-0.15, -0.1) is 0 Å². The Morgan fingerprint density at radius 3 is 2.52 bits per heavy atom. The molecular weight excluding hydrogens is 429 g/mol. The van der Waals surface area contributed by atoms with Crippen molar-refractivity contribution in [2.24, 2.45) is 11.3 Å². The fourth-order valence-electron chi connectivity index (χ4n) is 5.80. The molecule has 4 rings (SSSR count). The molecule has 1 saturated carbocycles. The first-order valence-corrected chi connectivity index (χ1v) is 12.2. The second-order valence-electron chi connectivity index (χ2n) is 10.1. The molecule has 1 aliphatic carbocycles. The molecule has 182 valence electrons. The summed E-state index contributed by atoms with van der Waals surface area (Å²) in [6.45, 7) is 6.66. The van der Waals surface area contributed by atoms with E-state index < -0.39 is 17.2 Å². The monoisotopic (exact) mass is 464 g/mol. The van der Waals surface area contributed by atoms with Gasteiger partial charge in [-0.3, -0.25) is 4.79 Å². The second-order valence-corrected chi connectivity index (χ2v) is 10.1. The maximum absolute atomic E-state index is 13.7. The number of carbonyl (C=O) groups is 1. The van der Waals surface area contributed by atoms with E-state index in [1.54, 1.807) is 6.07 Å². The molecular formula is C26H35F3N2O2. The highest BCUT2D eigenvalue weighted by Crippen LogP contribution is 2.47.